The normalized spacial score (nSPS) is 22.4. The van der Waals surface area contributed by atoms with Gasteiger partial charge in [0.15, 0.2) is 0 Å². The standard InChI is InChI=1S/C58H102N20O20/c1-35-50(86)75-40(17-5-9-23-66-48(84)33-97-62)57(93)77-26-12-19-42(77)55(91)70-29-45(81)73-38(15-3-8-22-65-47(83)32-96-61)53(89)74-39(16-4-11-25-68-51(87)36(59)30-79)54(90)76-41(18-6-10-24-67-49(85)34-98-63)58(94)78-27-13-20-43(78)56(92)69-28-44(80)72-37(52(88)71-35)14-2-7-21-64-46(82)31-95-60/h35-43,79H,2-34,59-63H2,1H3,(H,64,82)(H,65,83)(H,66,84)(H,67,85)(H,68,87)(H,69,92)(H,70,91)(H,71,88)(H,72,80)(H,73,81)(H,74,89)(H,75,86)(H,76,90)/t35-,36-,37-,38-,39-,40-,41-,42-,43-/m0/s1. The van der Waals surface area contributed by atoms with Crippen LogP contribution in [-0.2, 0) is 91.3 Å². The van der Waals surface area contributed by atoms with Crippen LogP contribution in [0.25, 0.3) is 0 Å². The largest absolute Gasteiger partial charge is 0.394 e. The average molecular weight is 1400 g/mol. The van der Waals surface area contributed by atoms with Crippen molar-refractivity contribution in [3.8, 4) is 0 Å². The predicted octanol–water partition coefficient (Wildman–Crippen LogP) is -9.54. The van der Waals surface area contributed by atoms with Crippen LogP contribution in [0.15, 0.2) is 0 Å². The number of hydrogen-bond acceptors (Lipinski definition) is 25. The maximum absolute atomic E-state index is 14.8. The quantitative estimate of drug-likeness (QED) is 0.0207. The molecular weight excluding hydrogens is 1300 g/mol. The van der Waals surface area contributed by atoms with E-state index in [0.29, 0.717) is 19.3 Å². The minimum absolute atomic E-state index is 0.00967. The summed E-state index contributed by atoms with van der Waals surface area (Å²) in [7, 11) is 0. The first-order valence-corrected chi connectivity index (χ1v) is 32.9. The number of aliphatic hydroxyl groups excluding tert-OH is 1. The maximum Gasteiger partial charge on any atom is 0.248 e. The molecule has 0 bridgehead atoms. The van der Waals surface area contributed by atoms with Gasteiger partial charge in [0.2, 0.25) is 88.6 Å². The smallest absolute Gasteiger partial charge is 0.248 e. The number of carbonyl (C=O) groups excluding carboxylic acids is 15. The zero-order chi connectivity index (χ0) is 72.4. The number of carbonyl (C=O) groups is 15. The van der Waals surface area contributed by atoms with Crippen molar-refractivity contribution in [2.24, 2.45) is 29.3 Å². The minimum atomic E-state index is -1.47. The zero-order valence-electron chi connectivity index (χ0n) is 55.5. The molecule has 554 valence electrons. The van der Waals surface area contributed by atoms with Crippen LogP contribution < -0.4 is 98.4 Å². The molecular formula is C58H102N20O20. The van der Waals surface area contributed by atoms with E-state index in [2.05, 4.69) is 88.5 Å². The van der Waals surface area contributed by atoms with Gasteiger partial charge in [0.1, 0.15) is 80.8 Å². The van der Waals surface area contributed by atoms with Crippen LogP contribution >= 0.6 is 0 Å². The number of nitrogens with two attached hydrogens (primary N) is 5. The highest BCUT2D eigenvalue weighted by Crippen LogP contribution is 2.22. The summed E-state index contributed by atoms with van der Waals surface area (Å²) >= 11 is 0. The van der Waals surface area contributed by atoms with E-state index >= 15 is 0 Å². The van der Waals surface area contributed by atoms with Crippen LogP contribution in [0.1, 0.15) is 129 Å². The van der Waals surface area contributed by atoms with Gasteiger partial charge in [-0.1, -0.05) is 0 Å². The van der Waals surface area contributed by atoms with Gasteiger partial charge in [-0.25, -0.2) is 23.6 Å². The molecule has 0 spiro atoms. The summed E-state index contributed by atoms with van der Waals surface area (Å²) in [5.41, 5.74) is 5.65. The van der Waals surface area contributed by atoms with Gasteiger partial charge in [-0.05, 0) is 129 Å². The van der Waals surface area contributed by atoms with Crippen LogP contribution in [0, 0.1) is 0 Å². The third-order valence-electron chi connectivity index (χ3n) is 16.0. The fourth-order valence-electron chi connectivity index (χ4n) is 10.8. The molecule has 3 heterocycles. The van der Waals surface area contributed by atoms with Crippen molar-refractivity contribution in [1.82, 2.24) is 78.9 Å². The Morgan fingerprint density at radius 3 is 1.09 bits per heavy atom. The molecule has 24 N–H and O–H groups in total. The van der Waals surface area contributed by atoms with Gasteiger partial charge in [-0.3, -0.25) is 91.3 Å². The molecule has 0 aromatic carbocycles. The summed E-state index contributed by atoms with van der Waals surface area (Å²) in [6.07, 6.45) is 2.58. The van der Waals surface area contributed by atoms with Crippen LogP contribution in [0.5, 0.6) is 0 Å². The van der Waals surface area contributed by atoms with Gasteiger partial charge in [0.05, 0.1) is 19.7 Å². The lowest BCUT2D eigenvalue weighted by molar-refractivity contribution is -0.142. The summed E-state index contributed by atoms with van der Waals surface area (Å²) in [5, 5.41) is 43.2. The van der Waals surface area contributed by atoms with Crippen LogP contribution in [0.3, 0.4) is 0 Å². The second-order valence-corrected chi connectivity index (χ2v) is 23.7. The topological polar surface area (TPSA) is 606 Å². The van der Waals surface area contributed by atoms with E-state index in [1.807, 2.05) is 0 Å². The fraction of sp³-hybridized carbons (Fsp3) is 0.741. The Labute approximate surface area is 566 Å². The third-order valence-corrected chi connectivity index (χ3v) is 16.0. The lowest BCUT2D eigenvalue weighted by Crippen LogP contribution is -2.59. The number of rotatable bonds is 35. The zero-order valence-corrected chi connectivity index (χ0v) is 55.5. The van der Waals surface area contributed by atoms with Crippen molar-refractivity contribution in [1.29, 1.82) is 0 Å². The molecule has 3 aliphatic heterocycles. The number of nitrogens with zero attached hydrogens (tertiary/aromatic N) is 2. The van der Waals surface area contributed by atoms with Crippen molar-refractivity contribution in [2.45, 2.75) is 183 Å². The molecule has 3 aliphatic rings. The van der Waals surface area contributed by atoms with Crippen LogP contribution in [0.2, 0.25) is 0 Å². The molecule has 0 saturated carbocycles. The summed E-state index contributed by atoms with van der Waals surface area (Å²) in [4.78, 5) is 224. The molecule has 0 aromatic heterocycles. The summed E-state index contributed by atoms with van der Waals surface area (Å²) < 4.78 is 0. The summed E-state index contributed by atoms with van der Waals surface area (Å²) in [5.74, 6) is 9.03. The monoisotopic (exact) mass is 1400 g/mol. The Bertz CT molecular complexity index is 2650. The predicted molar refractivity (Wildman–Crippen MR) is 343 cm³/mol. The van der Waals surface area contributed by atoms with Crippen molar-refractivity contribution in [2.75, 3.05) is 91.9 Å². The molecule has 15 amide bonds. The van der Waals surface area contributed by atoms with Gasteiger partial charge in [-0.15, -0.1) is 0 Å². The first-order valence-electron chi connectivity index (χ1n) is 32.9. The van der Waals surface area contributed by atoms with E-state index < -0.39 is 189 Å². The molecule has 98 heavy (non-hydrogen) atoms. The molecule has 3 saturated heterocycles. The Morgan fingerprint density at radius 1 is 0.439 bits per heavy atom. The Hall–Kier alpha value is -8.35. The molecule has 40 heteroatoms. The number of amides is 15. The highest BCUT2D eigenvalue weighted by atomic mass is 16.6. The number of unbranched alkanes of at least 4 members (excludes halogenated alkanes) is 5. The molecule has 9 atom stereocenters. The van der Waals surface area contributed by atoms with Gasteiger partial charge >= 0.3 is 0 Å². The molecule has 40 nitrogen and oxygen atoms in total. The summed E-state index contributed by atoms with van der Waals surface area (Å²) in [6, 6.07) is -12.0. The molecule has 0 aromatic rings. The van der Waals surface area contributed by atoms with E-state index in [0.717, 1.165) is 0 Å². The minimum Gasteiger partial charge on any atom is -0.394 e. The van der Waals surface area contributed by atoms with E-state index in [9.17, 15) is 77.0 Å². The third kappa shape index (κ3) is 31.9. The lowest BCUT2D eigenvalue weighted by Gasteiger charge is -2.30. The average Bonchev–Trinajstić information content (AvgIpc) is 1.65. The lowest BCUT2D eigenvalue weighted by atomic mass is 10.0. The number of aliphatic hydroxyl groups is 1. The van der Waals surface area contributed by atoms with Gasteiger partial charge < -0.3 is 89.8 Å². The maximum atomic E-state index is 14.8. The highest BCUT2D eigenvalue weighted by molar-refractivity contribution is 5.99. The molecule has 0 unspecified atom stereocenters. The van der Waals surface area contributed by atoms with Gasteiger partial charge in [0.25, 0.3) is 0 Å². The second kappa shape index (κ2) is 47.6. The van der Waals surface area contributed by atoms with E-state index in [1.54, 1.807) is 0 Å². The molecule has 0 aliphatic carbocycles. The van der Waals surface area contributed by atoms with Crippen LogP contribution in [0.4, 0.5) is 0 Å². The van der Waals surface area contributed by atoms with Crippen molar-refractivity contribution < 1.29 is 96.4 Å². The molecule has 3 fully saturated rings. The Balaban J connectivity index is 2.13. The Morgan fingerprint density at radius 2 is 0.745 bits per heavy atom. The van der Waals surface area contributed by atoms with Crippen molar-refractivity contribution in [3.63, 3.8) is 0 Å². The van der Waals surface area contributed by atoms with Gasteiger partial charge in [0, 0.05) is 45.8 Å². The SMILES string of the molecule is C[C@@H]1NC(=O)[C@H](CCCCNC(=O)CON)NC(=O)CNC(=O)[C@@H]2CCCN2C(=O)[C@H](CCCCNC(=O)CON)NC(=O)[C@H](CCCCNC(=O)[C@@H](N)CO)NC(=O)[C@H](CCCCNC(=O)CON)NC(=O)CNC(=O)[C@@H]2CCCN2C(=O)[C@H](CCCCNC(=O)CON)NC1=O. The van der Waals surface area contributed by atoms with Crippen LogP contribution in [-0.4, -0.2) is 250 Å². The second-order valence-electron chi connectivity index (χ2n) is 23.7. The van der Waals surface area contributed by atoms with Crippen molar-refractivity contribution >= 4 is 88.6 Å². The number of fused-ring (bicyclic) bond motifs is 2. The fourth-order valence-corrected chi connectivity index (χ4v) is 10.8. The van der Waals surface area contributed by atoms with Crippen molar-refractivity contribution in [3.05, 3.63) is 0 Å². The van der Waals surface area contributed by atoms with E-state index in [4.69, 9.17) is 29.3 Å². The van der Waals surface area contributed by atoms with E-state index in [-0.39, 0.29) is 149 Å². The summed E-state index contributed by atoms with van der Waals surface area (Å²) in [6.45, 7) is -2.02. The molecule has 3 rings (SSSR count). The highest BCUT2D eigenvalue weighted by Gasteiger charge is 2.41. The first-order chi connectivity index (χ1) is 47.0. The van der Waals surface area contributed by atoms with E-state index in [1.165, 1.54) is 16.7 Å². The molecule has 0 radical (unpaired) electrons. The number of nitrogens with one attached hydrogen (secondary N) is 13. The van der Waals surface area contributed by atoms with Gasteiger partial charge in [-0.2, -0.15) is 0 Å². The number of hydrogen-bond donors (Lipinski definition) is 19. The first kappa shape index (κ1) is 83.9. The Kier molecular flexibility index (Phi) is 40.7.